The molecule has 1 amide bonds. The molecule has 1 aliphatic carbocycles. The van der Waals surface area contributed by atoms with E-state index in [1.165, 1.54) is 29.1 Å². The molecule has 1 aliphatic rings. The van der Waals surface area contributed by atoms with Crippen molar-refractivity contribution in [3.63, 3.8) is 0 Å². The molecule has 0 bridgehead atoms. The van der Waals surface area contributed by atoms with Crippen LogP contribution in [0.3, 0.4) is 0 Å². The fourth-order valence-corrected chi connectivity index (χ4v) is 3.96. The van der Waals surface area contributed by atoms with Crippen molar-refractivity contribution in [2.75, 3.05) is 11.1 Å². The summed E-state index contributed by atoms with van der Waals surface area (Å²) in [5, 5.41) is 3.95. The van der Waals surface area contributed by atoms with Gasteiger partial charge >= 0.3 is 0 Å². The average molecular weight is 294 g/mol. The lowest BCUT2D eigenvalue weighted by Crippen LogP contribution is -2.11. The van der Waals surface area contributed by atoms with E-state index in [4.69, 9.17) is 5.73 Å². The van der Waals surface area contributed by atoms with Gasteiger partial charge in [-0.05, 0) is 32.6 Å². The van der Waals surface area contributed by atoms with Crippen molar-refractivity contribution in [1.29, 1.82) is 0 Å². The zero-order valence-electron chi connectivity index (χ0n) is 10.5. The Kier molecular flexibility index (Phi) is 3.24. The number of hydrogen-bond acceptors (Lipinski definition) is 6. The summed E-state index contributed by atoms with van der Waals surface area (Å²) < 4.78 is 0. The molecule has 0 saturated heterocycles. The number of fused-ring (bicyclic) bond motifs is 1. The third-order valence-electron chi connectivity index (χ3n) is 3.09. The number of amides is 1. The molecule has 0 aliphatic heterocycles. The standard InChI is InChI=1S/C12H14N4OS2/c1-6-9(19-11(13)14-6)10(17)16-12-15-7-4-2-3-5-8(7)18-12/h2-5H2,1H3,(H2,13,14)(H,15,16,17). The number of thiazole rings is 2. The molecule has 0 spiro atoms. The zero-order chi connectivity index (χ0) is 13.4. The number of aryl methyl sites for hydroxylation is 3. The highest BCUT2D eigenvalue weighted by molar-refractivity contribution is 7.18. The predicted octanol–water partition coefficient (Wildman–Crippen LogP) is 2.62. The van der Waals surface area contributed by atoms with E-state index in [1.807, 2.05) is 0 Å². The number of anilines is 2. The molecular formula is C12H14N4OS2. The Morgan fingerprint density at radius 2 is 2.05 bits per heavy atom. The quantitative estimate of drug-likeness (QED) is 0.892. The topological polar surface area (TPSA) is 80.9 Å². The number of nitrogens with two attached hydrogens (primary N) is 1. The van der Waals surface area contributed by atoms with E-state index < -0.39 is 0 Å². The summed E-state index contributed by atoms with van der Waals surface area (Å²) in [6, 6.07) is 0. The maximum absolute atomic E-state index is 12.1. The van der Waals surface area contributed by atoms with Gasteiger partial charge in [0, 0.05) is 4.88 Å². The third-order valence-corrected chi connectivity index (χ3v) is 5.14. The van der Waals surface area contributed by atoms with E-state index in [0.29, 0.717) is 20.8 Å². The largest absolute Gasteiger partial charge is 0.375 e. The van der Waals surface area contributed by atoms with Crippen LogP contribution in [0.15, 0.2) is 0 Å². The van der Waals surface area contributed by atoms with E-state index in [0.717, 1.165) is 18.5 Å². The van der Waals surface area contributed by atoms with Crippen molar-refractivity contribution in [3.8, 4) is 0 Å². The van der Waals surface area contributed by atoms with Crippen molar-refractivity contribution < 1.29 is 4.79 Å². The first-order valence-corrected chi connectivity index (χ1v) is 7.79. The summed E-state index contributed by atoms with van der Waals surface area (Å²) in [7, 11) is 0. The molecular weight excluding hydrogens is 280 g/mol. The highest BCUT2D eigenvalue weighted by Gasteiger charge is 2.19. The molecule has 19 heavy (non-hydrogen) atoms. The molecule has 0 saturated carbocycles. The van der Waals surface area contributed by atoms with Crippen molar-refractivity contribution >= 4 is 38.8 Å². The van der Waals surface area contributed by atoms with E-state index in [9.17, 15) is 4.79 Å². The number of hydrogen-bond donors (Lipinski definition) is 2. The number of nitrogen functional groups attached to an aromatic ring is 1. The van der Waals surface area contributed by atoms with E-state index in [1.54, 1.807) is 18.3 Å². The fraction of sp³-hybridized carbons (Fsp3) is 0.417. The predicted molar refractivity (Wildman–Crippen MR) is 78.0 cm³/mol. The van der Waals surface area contributed by atoms with Crippen molar-refractivity contribution in [3.05, 3.63) is 21.1 Å². The molecule has 0 fully saturated rings. The van der Waals surface area contributed by atoms with Gasteiger partial charge in [-0.1, -0.05) is 11.3 Å². The van der Waals surface area contributed by atoms with Crippen LogP contribution < -0.4 is 11.1 Å². The third kappa shape index (κ3) is 2.48. The van der Waals surface area contributed by atoms with Crippen LogP contribution in [0.5, 0.6) is 0 Å². The van der Waals surface area contributed by atoms with Gasteiger partial charge in [0.25, 0.3) is 5.91 Å². The maximum Gasteiger partial charge on any atom is 0.269 e. The number of carbonyl (C=O) groups is 1. The highest BCUT2D eigenvalue weighted by atomic mass is 32.1. The molecule has 2 aromatic heterocycles. The summed E-state index contributed by atoms with van der Waals surface area (Å²) >= 11 is 2.79. The number of carbonyl (C=O) groups excluding carboxylic acids is 1. The summed E-state index contributed by atoms with van der Waals surface area (Å²) in [4.78, 5) is 22.5. The molecule has 2 heterocycles. The van der Waals surface area contributed by atoms with Crippen LogP contribution in [0.25, 0.3) is 0 Å². The first-order chi connectivity index (χ1) is 9.13. The SMILES string of the molecule is Cc1nc(N)sc1C(=O)Nc1nc2c(s1)CCCC2. The smallest absolute Gasteiger partial charge is 0.269 e. The molecule has 0 aromatic carbocycles. The van der Waals surface area contributed by atoms with E-state index >= 15 is 0 Å². The molecule has 0 radical (unpaired) electrons. The van der Waals surface area contributed by atoms with Gasteiger partial charge in [0.2, 0.25) is 0 Å². The maximum atomic E-state index is 12.1. The van der Waals surface area contributed by atoms with Crippen LogP contribution in [-0.4, -0.2) is 15.9 Å². The minimum absolute atomic E-state index is 0.169. The highest BCUT2D eigenvalue weighted by Crippen LogP contribution is 2.30. The van der Waals surface area contributed by atoms with Crippen LogP contribution in [-0.2, 0) is 12.8 Å². The Bertz CT molecular complexity index is 608. The van der Waals surface area contributed by atoms with Crippen molar-refractivity contribution in [1.82, 2.24) is 9.97 Å². The lowest BCUT2D eigenvalue weighted by molar-refractivity contribution is 0.103. The molecule has 2 aromatic rings. The number of nitrogens with zero attached hydrogens (tertiary/aromatic N) is 2. The summed E-state index contributed by atoms with van der Waals surface area (Å²) in [6.45, 7) is 1.79. The molecule has 0 unspecified atom stereocenters. The molecule has 3 N–H and O–H groups in total. The minimum atomic E-state index is -0.169. The van der Waals surface area contributed by atoms with Crippen LogP contribution in [0.2, 0.25) is 0 Å². The fourth-order valence-electron chi connectivity index (χ4n) is 2.19. The lowest BCUT2D eigenvalue weighted by atomic mass is 10.0. The minimum Gasteiger partial charge on any atom is -0.375 e. The molecule has 0 atom stereocenters. The summed E-state index contributed by atoms with van der Waals surface area (Å²) in [5.41, 5.74) is 7.42. The average Bonchev–Trinajstić information content (AvgIpc) is 2.91. The normalized spacial score (nSPS) is 14.2. The second-order valence-corrected chi connectivity index (χ2v) is 6.63. The second-order valence-electron chi connectivity index (χ2n) is 4.52. The lowest BCUT2D eigenvalue weighted by Gasteiger charge is -2.06. The van der Waals surface area contributed by atoms with E-state index in [-0.39, 0.29) is 5.91 Å². The Labute approximate surface area is 118 Å². The Morgan fingerprint density at radius 1 is 1.26 bits per heavy atom. The van der Waals surface area contributed by atoms with Gasteiger partial charge in [0.1, 0.15) is 4.88 Å². The summed E-state index contributed by atoms with van der Waals surface area (Å²) in [5.74, 6) is -0.169. The van der Waals surface area contributed by atoms with Gasteiger partial charge < -0.3 is 5.73 Å². The Balaban J connectivity index is 1.79. The molecule has 7 heteroatoms. The molecule has 3 rings (SSSR count). The first kappa shape index (κ1) is 12.6. The second kappa shape index (κ2) is 4.90. The van der Waals surface area contributed by atoms with Gasteiger partial charge in [-0.15, -0.1) is 11.3 Å². The van der Waals surface area contributed by atoms with Crippen molar-refractivity contribution in [2.45, 2.75) is 32.6 Å². The van der Waals surface area contributed by atoms with Crippen LogP contribution >= 0.6 is 22.7 Å². The van der Waals surface area contributed by atoms with Gasteiger partial charge in [-0.3, -0.25) is 10.1 Å². The van der Waals surface area contributed by atoms with Gasteiger partial charge in [-0.25, -0.2) is 9.97 Å². The van der Waals surface area contributed by atoms with Crippen LogP contribution in [0.1, 0.15) is 38.8 Å². The van der Waals surface area contributed by atoms with Crippen LogP contribution in [0, 0.1) is 6.92 Å². The number of nitrogens with one attached hydrogen (secondary N) is 1. The van der Waals surface area contributed by atoms with Crippen LogP contribution in [0.4, 0.5) is 10.3 Å². The van der Waals surface area contributed by atoms with Gasteiger partial charge in [0.05, 0.1) is 11.4 Å². The Hall–Kier alpha value is -1.47. The summed E-state index contributed by atoms with van der Waals surface area (Å²) in [6.07, 6.45) is 4.51. The van der Waals surface area contributed by atoms with Crippen molar-refractivity contribution in [2.24, 2.45) is 0 Å². The number of aromatic nitrogens is 2. The first-order valence-electron chi connectivity index (χ1n) is 6.16. The number of rotatable bonds is 2. The van der Waals surface area contributed by atoms with E-state index in [2.05, 4.69) is 15.3 Å². The zero-order valence-corrected chi connectivity index (χ0v) is 12.2. The van der Waals surface area contributed by atoms with Gasteiger partial charge in [-0.2, -0.15) is 0 Å². The monoisotopic (exact) mass is 294 g/mol. The molecule has 100 valence electrons. The van der Waals surface area contributed by atoms with Gasteiger partial charge in [0.15, 0.2) is 10.3 Å². The Morgan fingerprint density at radius 3 is 2.74 bits per heavy atom. The molecule has 5 nitrogen and oxygen atoms in total.